The lowest BCUT2D eigenvalue weighted by Crippen LogP contribution is -2.00. The van der Waals surface area contributed by atoms with Crippen LogP contribution < -0.4 is 5.32 Å². The van der Waals surface area contributed by atoms with Gasteiger partial charge in [0, 0.05) is 7.05 Å². The van der Waals surface area contributed by atoms with Crippen LogP contribution in [0, 0.1) is 15.9 Å². The number of nitrogens with one attached hydrogen (secondary N) is 1. The molecule has 0 heterocycles. The highest BCUT2D eigenvalue weighted by Crippen LogP contribution is 2.43. The Kier molecular flexibility index (Phi) is 2.30. The summed E-state index contributed by atoms with van der Waals surface area (Å²) in [4.78, 5) is 9.93. The first-order valence-corrected chi connectivity index (χ1v) is 4.79. The Morgan fingerprint density at radius 1 is 1.53 bits per heavy atom. The summed E-state index contributed by atoms with van der Waals surface area (Å²) in [6.07, 6.45) is 2.08. The van der Waals surface area contributed by atoms with Gasteiger partial charge in [0.1, 0.15) is 5.69 Å². The molecule has 0 amide bonds. The molecule has 0 aromatic heterocycles. The summed E-state index contributed by atoms with van der Waals surface area (Å²) in [6.45, 7) is 0. The number of nitrogens with zero attached hydrogens (tertiary/aromatic N) is 1. The molecule has 1 aliphatic rings. The number of nitro benzene ring substituents is 1. The van der Waals surface area contributed by atoms with Crippen molar-refractivity contribution in [2.75, 3.05) is 12.4 Å². The smallest absolute Gasteiger partial charge is 0.327 e. The third kappa shape index (κ3) is 1.77. The summed E-state index contributed by atoms with van der Waals surface area (Å²) >= 11 is 0. The second-order valence-corrected chi connectivity index (χ2v) is 3.68. The minimum absolute atomic E-state index is 0.252. The molecule has 0 radical (unpaired) electrons. The van der Waals surface area contributed by atoms with Crippen molar-refractivity contribution >= 4 is 11.4 Å². The fourth-order valence-electron chi connectivity index (χ4n) is 1.65. The van der Waals surface area contributed by atoms with E-state index in [2.05, 4.69) is 5.32 Å². The number of halogens is 1. The van der Waals surface area contributed by atoms with Crippen LogP contribution in [0.5, 0.6) is 0 Å². The number of nitro groups is 1. The van der Waals surface area contributed by atoms with E-state index in [1.807, 2.05) is 0 Å². The summed E-state index contributed by atoms with van der Waals surface area (Å²) in [7, 11) is 1.55. The molecule has 2 rings (SSSR count). The standard InChI is InChI=1S/C10H11FN2O2/c1-12-9-5-7(6-2-3-6)4-8(11)10(9)13(14)15/h4-6,12H,2-3H2,1H3. The van der Waals surface area contributed by atoms with E-state index in [-0.39, 0.29) is 5.69 Å². The van der Waals surface area contributed by atoms with E-state index in [9.17, 15) is 14.5 Å². The van der Waals surface area contributed by atoms with Crippen LogP contribution in [0.15, 0.2) is 12.1 Å². The molecule has 1 saturated carbocycles. The van der Waals surface area contributed by atoms with Crippen molar-refractivity contribution in [3.8, 4) is 0 Å². The Labute approximate surface area is 86.3 Å². The molecule has 15 heavy (non-hydrogen) atoms. The highest BCUT2D eigenvalue weighted by molar-refractivity contribution is 5.63. The van der Waals surface area contributed by atoms with Crippen LogP contribution in [0.25, 0.3) is 0 Å². The number of anilines is 1. The van der Waals surface area contributed by atoms with Gasteiger partial charge in [-0.15, -0.1) is 0 Å². The van der Waals surface area contributed by atoms with Gasteiger partial charge in [0.15, 0.2) is 0 Å². The molecule has 4 nitrogen and oxygen atoms in total. The molecule has 0 saturated heterocycles. The highest BCUT2D eigenvalue weighted by Gasteiger charge is 2.28. The third-order valence-electron chi connectivity index (χ3n) is 2.59. The van der Waals surface area contributed by atoms with E-state index in [0.717, 1.165) is 18.4 Å². The molecule has 1 aromatic carbocycles. The number of hydrogen-bond donors (Lipinski definition) is 1. The van der Waals surface area contributed by atoms with Crippen LogP contribution in [0.2, 0.25) is 0 Å². The minimum atomic E-state index is -0.756. The summed E-state index contributed by atoms with van der Waals surface area (Å²) in [6, 6.07) is 2.94. The second-order valence-electron chi connectivity index (χ2n) is 3.68. The van der Waals surface area contributed by atoms with E-state index in [1.54, 1.807) is 13.1 Å². The Hall–Kier alpha value is -1.65. The highest BCUT2D eigenvalue weighted by atomic mass is 19.1. The van der Waals surface area contributed by atoms with Crippen LogP contribution in [-0.2, 0) is 0 Å². The van der Waals surface area contributed by atoms with E-state index >= 15 is 0 Å². The lowest BCUT2D eigenvalue weighted by molar-refractivity contribution is -0.386. The maximum atomic E-state index is 13.5. The van der Waals surface area contributed by atoms with Crippen molar-refractivity contribution < 1.29 is 9.31 Å². The molecule has 1 aliphatic carbocycles. The Balaban J connectivity index is 2.50. The molecule has 80 valence electrons. The number of hydrogen-bond acceptors (Lipinski definition) is 3. The van der Waals surface area contributed by atoms with E-state index in [4.69, 9.17) is 0 Å². The van der Waals surface area contributed by atoms with Crippen molar-refractivity contribution in [3.05, 3.63) is 33.6 Å². The Bertz CT molecular complexity index is 416. The molecule has 1 aromatic rings. The molecular formula is C10H11FN2O2. The maximum absolute atomic E-state index is 13.5. The molecule has 1 N–H and O–H groups in total. The van der Waals surface area contributed by atoms with Gasteiger partial charge in [0.2, 0.25) is 5.82 Å². The topological polar surface area (TPSA) is 55.2 Å². The minimum Gasteiger partial charge on any atom is -0.382 e. The van der Waals surface area contributed by atoms with Crippen molar-refractivity contribution in [2.45, 2.75) is 18.8 Å². The van der Waals surface area contributed by atoms with Gasteiger partial charge in [-0.2, -0.15) is 4.39 Å². The van der Waals surface area contributed by atoms with E-state index in [0.29, 0.717) is 5.92 Å². The van der Waals surface area contributed by atoms with Crippen molar-refractivity contribution in [2.24, 2.45) is 0 Å². The number of rotatable bonds is 3. The van der Waals surface area contributed by atoms with Gasteiger partial charge in [0.25, 0.3) is 0 Å². The van der Waals surface area contributed by atoms with Crippen LogP contribution in [-0.4, -0.2) is 12.0 Å². The molecule has 0 atom stereocenters. The van der Waals surface area contributed by atoms with Gasteiger partial charge >= 0.3 is 5.69 Å². The van der Waals surface area contributed by atoms with Gasteiger partial charge in [-0.05, 0) is 36.5 Å². The lowest BCUT2D eigenvalue weighted by Gasteiger charge is -2.06. The first-order valence-electron chi connectivity index (χ1n) is 4.79. The molecule has 1 fully saturated rings. The summed E-state index contributed by atoms with van der Waals surface area (Å²) in [5.41, 5.74) is 0.631. The monoisotopic (exact) mass is 210 g/mol. The van der Waals surface area contributed by atoms with Gasteiger partial charge < -0.3 is 5.32 Å². The third-order valence-corrected chi connectivity index (χ3v) is 2.59. The van der Waals surface area contributed by atoms with Gasteiger partial charge in [-0.1, -0.05) is 0 Å². The molecule has 5 heteroatoms. The Morgan fingerprint density at radius 3 is 2.67 bits per heavy atom. The van der Waals surface area contributed by atoms with Crippen LogP contribution in [0.4, 0.5) is 15.8 Å². The zero-order chi connectivity index (χ0) is 11.0. The molecule has 0 bridgehead atoms. The number of benzene rings is 1. The predicted octanol–water partition coefficient (Wildman–Crippen LogP) is 2.65. The average Bonchev–Trinajstić information content (AvgIpc) is 2.98. The largest absolute Gasteiger partial charge is 0.382 e. The van der Waals surface area contributed by atoms with Crippen molar-refractivity contribution in [1.82, 2.24) is 0 Å². The first kappa shape index (κ1) is 9.89. The fourth-order valence-corrected chi connectivity index (χ4v) is 1.65. The lowest BCUT2D eigenvalue weighted by atomic mass is 10.1. The van der Waals surface area contributed by atoms with E-state index in [1.165, 1.54) is 6.07 Å². The first-order chi connectivity index (χ1) is 7.13. The predicted molar refractivity (Wildman–Crippen MR) is 54.6 cm³/mol. The van der Waals surface area contributed by atoms with Crippen LogP contribution >= 0.6 is 0 Å². The average molecular weight is 210 g/mol. The summed E-state index contributed by atoms with van der Waals surface area (Å²) in [5, 5.41) is 13.3. The summed E-state index contributed by atoms with van der Waals surface area (Å²) < 4.78 is 13.5. The normalized spacial score (nSPS) is 15.1. The van der Waals surface area contributed by atoms with Gasteiger partial charge in [-0.25, -0.2) is 0 Å². The summed E-state index contributed by atoms with van der Waals surface area (Å²) in [5.74, 6) is -0.374. The fraction of sp³-hybridized carbons (Fsp3) is 0.400. The van der Waals surface area contributed by atoms with Gasteiger partial charge in [-0.3, -0.25) is 10.1 Å². The van der Waals surface area contributed by atoms with E-state index < -0.39 is 16.4 Å². The quantitative estimate of drug-likeness (QED) is 0.616. The van der Waals surface area contributed by atoms with Crippen molar-refractivity contribution in [1.29, 1.82) is 0 Å². The molecule has 0 spiro atoms. The van der Waals surface area contributed by atoms with Crippen LogP contribution in [0.3, 0.4) is 0 Å². The molecule has 0 aliphatic heterocycles. The SMILES string of the molecule is CNc1cc(C2CC2)cc(F)c1[N+](=O)[O-]. The van der Waals surface area contributed by atoms with Crippen LogP contribution in [0.1, 0.15) is 24.3 Å². The van der Waals surface area contributed by atoms with Crippen molar-refractivity contribution in [3.63, 3.8) is 0 Å². The zero-order valence-corrected chi connectivity index (χ0v) is 8.29. The maximum Gasteiger partial charge on any atom is 0.327 e. The second kappa shape index (κ2) is 3.49. The zero-order valence-electron chi connectivity index (χ0n) is 8.29. The molecule has 0 unspecified atom stereocenters. The van der Waals surface area contributed by atoms with Gasteiger partial charge in [0.05, 0.1) is 4.92 Å². The molecular weight excluding hydrogens is 199 g/mol. The Morgan fingerprint density at radius 2 is 2.20 bits per heavy atom.